The van der Waals surface area contributed by atoms with Crippen LogP contribution >= 0.6 is 11.6 Å². The summed E-state index contributed by atoms with van der Waals surface area (Å²) in [5.41, 5.74) is 1.06. The van der Waals surface area contributed by atoms with Crippen LogP contribution in [0.4, 0.5) is 4.79 Å². The van der Waals surface area contributed by atoms with Crippen molar-refractivity contribution in [3.05, 3.63) is 34.6 Å². The van der Waals surface area contributed by atoms with E-state index in [4.69, 9.17) is 16.3 Å². The van der Waals surface area contributed by atoms with Gasteiger partial charge in [0.15, 0.2) is 5.82 Å². The molecular weight excluding hydrogens is 342 g/mol. The van der Waals surface area contributed by atoms with Crippen LogP contribution in [0.15, 0.2) is 18.2 Å². The maximum absolute atomic E-state index is 12.1. The van der Waals surface area contributed by atoms with Crippen molar-refractivity contribution in [1.29, 1.82) is 0 Å². The van der Waals surface area contributed by atoms with Crippen molar-refractivity contribution in [2.45, 2.75) is 51.5 Å². The summed E-state index contributed by atoms with van der Waals surface area (Å²) in [6.07, 6.45) is 4.21. The van der Waals surface area contributed by atoms with E-state index in [0.717, 1.165) is 43.4 Å². The van der Waals surface area contributed by atoms with Gasteiger partial charge in [0.2, 0.25) is 0 Å². The Kier molecular flexibility index (Phi) is 5.22. The smallest absolute Gasteiger partial charge is 0.407 e. The largest absolute Gasteiger partial charge is 0.450 e. The molecule has 3 rings (SSSR count). The van der Waals surface area contributed by atoms with Crippen molar-refractivity contribution >= 4 is 17.7 Å². The summed E-state index contributed by atoms with van der Waals surface area (Å²) >= 11 is 6.26. The van der Waals surface area contributed by atoms with Gasteiger partial charge in [0, 0.05) is 5.02 Å². The summed E-state index contributed by atoms with van der Waals surface area (Å²) < 4.78 is 6.79. The molecule has 1 aliphatic carbocycles. The lowest BCUT2D eigenvalue weighted by molar-refractivity contribution is 0.124. The molecule has 1 saturated carbocycles. The topological polar surface area (TPSA) is 81.9 Å². The minimum Gasteiger partial charge on any atom is -0.450 e. The molecule has 0 unspecified atom stereocenters. The molecule has 1 aliphatic rings. The SMILES string of the molecule is CCOC(=O)NC1(c2nnnn2-c2cccc(Cl)c2C)CCCCC1. The second-order valence-corrected chi connectivity index (χ2v) is 6.69. The van der Waals surface area contributed by atoms with Gasteiger partial charge in [0.05, 0.1) is 12.3 Å². The fraction of sp³-hybridized carbons (Fsp3) is 0.529. The summed E-state index contributed by atoms with van der Waals surface area (Å²) in [6.45, 7) is 4.03. The van der Waals surface area contributed by atoms with Gasteiger partial charge in [-0.2, -0.15) is 4.68 Å². The molecule has 1 aromatic carbocycles. The molecule has 1 heterocycles. The lowest BCUT2D eigenvalue weighted by Gasteiger charge is -2.36. The normalized spacial score (nSPS) is 16.4. The van der Waals surface area contributed by atoms with Crippen LogP contribution in [-0.2, 0) is 10.3 Å². The molecule has 0 bridgehead atoms. The highest BCUT2D eigenvalue weighted by Gasteiger charge is 2.41. The van der Waals surface area contributed by atoms with E-state index in [2.05, 4.69) is 20.8 Å². The lowest BCUT2D eigenvalue weighted by Crippen LogP contribution is -2.49. The summed E-state index contributed by atoms with van der Waals surface area (Å²) in [5, 5.41) is 16.0. The van der Waals surface area contributed by atoms with Crippen LogP contribution in [0.5, 0.6) is 0 Å². The van der Waals surface area contributed by atoms with E-state index in [1.165, 1.54) is 0 Å². The Morgan fingerprint density at radius 2 is 2.12 bits per heavy atom. The maximum Gasteiger partial charge on any atom is 0.407 e. The van der Waals surface area contributed by atoms with Gasteiger partial charge in [-0.1, -0.05) is 36.9 Å². The summed E-state index contributed by atoms with van der Waals surface area (Å²) in [6, 6.07) is 5.61. The van der Waals surface area contributed by atoms with Gasteiger partial charge < -0.3 is 10.1 Å². The third-order valence-corrected chi connectivity index (χ3v) is 5.10. The molecular formula is C17H22ClN5O2. The molecule has 2 aromatic rings. The first-order valence-corrected chi connectivity index (χ1v) is 8.94. The Morgan fingerprint density at radius 1 is 1.36 bits per heavy atom. The molecule has 134 valence electrons. The van der Waals surface area contributed by atoms with Crippen LogP contribution in [0.25, 0.3) is 5.69 Å². The average molecular weight is 364 g/mol. The fourth-order valence-electron chi connectivity index (χ4n) is 3.40. The van der Waals surface area contributed by atoms with Crippen molar-refractivity contribution in [2.75, 3.05) is 6.61 Å². The number of benzene rings is 1. The molecule has 1 aromatic heterocycles. The molecule has 0 aliphatic heterocycles. The van der Waals surface area contributed by atoms with Gasteiger partial charge in [0.25, 0.3) is 0 Å². The molecule has 1 amide bonds. The van der Waals surface area contributed by atoms with Gasteiger partial charge in [-0.25, -0.2) is 4.79 Å². The Balaban J connectivity index is 2.05. The molecule has 8 heteroatoms. The molecule has 0 spiro atoms. The number of rotatable bonds is 4. The van der Waals surface area contributed by atoms with Gasteiger partial charge >= 0.3 is 6.09 Å². The molecule has 0 saturated heterocycles. The number of carbonyl (C=O) groups is 1. The van der Waals surface area contributed by atoms with Gasteiger partial charge in [-0.15, -0.1) is 5.10 Å². The second kappa shape index (κ2) is 7.39. The van der Waals surface area contributed by atoms with Crippen molar-refractivity contribution in [3.8, 4) is 5.69 Å². The molecule has 0 radical (unpaired) electrons. The summed E-state index contributed by atoms with van der Waals surface area (Å²) in [5.74, 6) is 0.616. The number of nitrogens with one attached hydrogen (secondary N) is 1. The quantitative estimate of drug-likeness (QED) is 0.898. The highest BCUT2D eigenvalue weighted by atomic mass is 35.5. The zero-order chi connectivity index (χ0) is 17.9. The van der Waals surface area contributed by atoms with Crippen molar-refractivity contribution in [3.63, 3.8) is 0 Å². The van der Waals surface area contributed by atoms with E-state index >= 15 is 0 Å². The van der Waals surface area contributed by atoms with Crippen LogP contribution in [-0.4, -0.2) is 32.9 Å². The van der Waals surface area contributed by atoms with Gasteiger partial charge in [-0.05, 0) is 54.8 Å². The predicted molar refractivity (Wildman–Crippen MR) is 93.8 cm³/mol. The fourth-order valence-corrected chi connectivity index (χ4v) is 3.57. The van der Waals surface area contributed by atoms with Crippen molar-refractivity contribution in [1.82, 2.24) is 25.5 Å². The second-order valence-electron chi connectivity index (χ2n) is 6.29. The van der Waals surface area contributed by atoms with Gasteiger partial charge in [-0.3, -0.25) is 0 Å². The Labute approximate surface area is 151 Å². The van der Waals surface area contributed by atoms with E-state index in [-0.39, 0.29) is 0 Å². The van der Waals surface area contributed by atoms with Crippen LogP contribution < -0.4 is 5.32 Å². The number of aromatic nitrogens is 4. The average Bonchev–Trinajstić information content (AvgIpc) is 3.08. The number of hydrogen-bond donors (Lipinski definition) is 1. The number of amides is 1. The molecule has 1 N–H and O–H groups in total. The molecule has 0 atom stereocenters. The standard InChI is InChI=1S/C17H22ClN5O2/c1-3-25-16(24)19-17(10-5-4-6-11-17)15-20-21-22-23(15)14-9-7-8-13(18)12(14)2/h7-9H,3-6,10-11H2,1-2H3,(H,19,24). The minimum atomic E-state index is -0.636. The van der Waals surface area contributed by atoms with Gasteiger partial charge in [0.1, 0.15) is 5.54 Å². The van der Waals surface area contributed by atoms with Crippen LogP contribution in [0.1, 0.15) is 50.4 Å². The van der Waals surface area contributed by atoms with Crippen LogP contribution in [0.3, 0.4) is 0 Å². The Bertz CT molecular complexity index is 755. The summed E-state index contributed by atoms with van der Waals surface area (Å²) in [7, 11) is 0. The zero-order valence-electron chi connectivity index (χ0n) is 14.5. The molecule has 1 fully saturated rings. The Hall–Kier alpha value is -2.15. The predicted octanol–water partition coefficient (Wildman–Crippen LogP) is 3.53. The van der Waals surface area contributed by atoms with E-state index in [0.29, 0.717) is 17.5 Å². The van der Waals surface area contributed by atoms with Crippen molar-refractivity contribution < 1.29 is 9.53 Å². The highest BCUT2D eigenvalue weighted by Crippen LogP contribution is 2.37. The third kappa shape index (κ3) is 3.46. The lowest BCUT2D eigenvalue weighted by atomic mass is 9.81. The Morgan fingerprint density at radius 3 is 2.84 bits per heavy atom. The highest BCUT2D eigenvalue weighted by molar-refractivity contribution is 6.31. The van der Waals surface area contributed by atoms with E-state index < -0.39 is 11.6 Å². The maximum atomic E-state index is 12.1. The zero-order valence-corrected chi connectivity index (χ0v) is 15.2. The first-order valence-electron chi connectivity index (χ1n) is 8.56. The molecule has 25 heavy (non-hydrogen) atoms. The van der Waals surface area contributed by atoms with Crippen LogP contribution in [0.2, 0.25) is 5.02 Å². The summed E-state index contributed by atoms with van der Waals surface area (Å²) in [4.78, 5) is 12.1. The first kappa shape index (κ1) is 17.7. The van der Waals surface area contributed by atoms with Crippen LogP contribution in [0, 0.1) is 6.92 Å². The minimum absolute atomic E-state index is 0.320. The molecule has 7 nitrogen and oxygen atoms in total. The number of alkyl carbamates (subject to hydrolysis) is 1. The number of halogens is 1. The first-order chi connectivity index (χ1) is 12.1. The number of nitrogens with zero attached hydrogens (tertiary/aromatic N) is 4. The number of ether oxygens (including phenoxy) is 1. The van der Waals surface area contributed by atoms with Crippen molar-refractivity contribution in [2.24, 2.45) is 0 Å². The van der Waals surface area contributed by atoms with E-state index in [1.807, 2.05) is 25.1 Å². The third-order valence-electron chi connectivity index (χ3n) is 4.69. The van der Waals surface area contributed by atoms with E-state index in [1.54, 1.807) is 11.6 Å². The monoisotopic (exact) mass is 363 g/mol. The number of hydrogen-bond acceptors (Lipinski definition) is 5. The van der Waals surface area contributed by atoms with E-state index in [9.17, 15) is 4.79 Å². The number of carbonyl (C=O) groups excluding carboxylic acids is 1. The number of tetrazole rings is 1.